The third-order valence-corrected chi connectivity index (χ3v) is 2.70. The van der Waals surface area contributed by atoms with Crippen molar-refractivity contribution in [2.75, 3.05) is 7.11 Å². The normalized spacial score (nSPS) is 11.7. The van der Waals surface area contributed by atoms with Crippen LogP contribution in [0.3, 0.4) is 0 Å². The fourth-order valence-corrected chi connectivity index (χ4v) is 1.83. The topological polar surface area (TPSA) is 35.0 Å². The Morgan fingerprint density at radius 2 is 1.80 bits per heavy atom. The first-order valence-corrected chi connectivity index (χ1v) is 5.98. The van der Waals surface area contributed by atoms with E-state index in [4.69, 9.17) is 16.3 Å². The van der Waals surface area contributed by atoms with Crippen molar-refractivity contribution >= 4 is 11.6 Å². The minimum absolute atomic E-state index is 0.210. The van der Waals surface area contributed by atoms with Crippen LogP contribution < -0.4 is 0 Å². The van der Waals surface area contributed by atoms with E-state index in [0.29, 0.717) is 11.3 Å². The van der Waals surface area contributed by atoms with Crippen molar-refractivity contribution in [2.45, 2.75) is 12.8 Å². The smallest absolute Gasteiger partial charge is 0.378 e. The largest absolute Gasteiger partial charge is 0.416 e. The molecule has 1 heterocycles. The summed E-state index contributed by atoms with van der Waals surface area (Å²) in [7, 11) is 1.51. The van der Waals surface area contributed by atoms with Crippen LogP contribution in [-0.4, -0.2) is 17.1 Å². The van der Waals surface area contributed by atoms with Gasteiger partial charge in [-0.05, 0) is 18.2 Å². The third-order valence-electron chi connectivity index (χ3n) is 2.51. The number of benzene rings is 1. The Labute approximate surface area is 118 Å². The molecule has 0 amide bonds. The van der Waals surface area contributed by atoms with Gasteiger partial charge in [0.2, 0.25) is 0 Å². The summed E-state index contributed by atoms with van der Waals surface area (Å²) in [5, 5.41) is 0.210. The predicted molar refractivity (Wildman–Crippen MR) is 68.2 cm³/mol. The number of aromatic nitrogens is 2. The van der Waals surface area contributed by atoms with Gasteiger partial charge in [-0.15, -0.1) is 0 Å². The molecule has 0 fully saturated rings. The fraction of sp³-hybridized carbons (Fsp3) is 0.231. The molecule has 7 heteroatoms. The Morgan fingerprint density at radius 1 is 1.15 bits per heavy atom. The highest BCUT2D eigenvalue weighted by Gasteiger charge is 2.30. The lowest BCUT2D eigenvalue weighted by atomic mass is 10.1. The Balaban J connectivity index is 2.36. The number of alkyl halides is 3. The second-order valence-corrected chi connectivity index (χ2v) is 4.40. The van der Waals surface area contributed by atoms with Crippen LogP contribution in [0.5, 0.6) is 0 Å². The van der Waals surface area contributed by atoms with Gasteiger partial charge in [-0.3, -0.25) is 0 Å². The molecular formula is C13H10ClF3N2O. The predicted octanol–water partition coefficient (Wildman–Crippen LogP) is 3.96. The van der Waals surface area contributed by atoms with Gasteiger partial charge in [-0.25, -0.2) is 9.97 Å². The molecule has 106 valence electrons. The zero-order valence-electron chi connectivity index (χ0n) is 10.4. The van der Waals surface area contributed by atoms with Gasteiger partial charge >= 0.3 is 6.18 Å². The van der Waals surface area contributed by atoms with E-state index in [-0.39, 0.29) is 17.6 Å². The molecule has 0 N–H and O–H groups in total. The summed E-state index contributed by atoms with van der Waals surface area (Å²) in [5.41, 5.74) is 0.292. The van der Waals surface area contributed by atoms with Crippen LogP contribution in [0, 0.1) is 0 Å². The first kappa shape index (κ1) is 14.7. The van der Waals surface area contributed by atoms with E-state index in [9.17, 15) is 13.2 Å². The standard InChI is InChI=1S/C13H10ClF3N2O/c1-20-7-10-6-11(14)19-12(18-10)8-2-4-9(5-3-8)13(15,16)17/h2-6H,7H2,1H3. The monoisotopic (exact) mass is 302 g/mol. The van der Waals surface area contributed by atoms with Crippen molar-refractivity contribution in [1.29, 1.82) is 0 Å². The van der Waals surface area contributed by atoms with E-state index >= 15 is 0 Å². The lowest BCUT2D eigenvalue weighted by Gasteiger charge is -2.08. The van der Waals surface area contributed by atoms with Gasteiger partial charge in [-0.1, -0.05) is 23.7 Å². The van der Waals surface area contributed by atoms with E-state index in [2.05, 4.69) is 9.97 Å². The SMILES string of the molecule is COCc1cc(Cl)nc(-c2ccc(C(F)(F)F)cc2)n1. The maximum Gasteiger partial charge on any atom is 0.416 e. The lowest BCUT2D eigenvalue weighted by Crippen LogP contribution is -2.04. The van der Waals surface area contributed by atoms with Crippen LogP contribution in [0.2, 0.25) is 5.15 Å². The quantitative estimate of drug-likeness (QED) is 0.805. The maximum absolute atomic E-state index is 12.5. The molecule has 3 nitrogen and oxygen atoms in total. The second-order valence-electron chi connectivity index (χ2n) is 4.01. The number of hydrogen-bond acceptors (Lipinski definition) is 3. The number of halogens is 4. The number of methoxy groups -OCH3 is 1. The molecule has 20 heavy (non-hydrogen) atoms. The van der Waals surface area contributed by atoms with Gasteiger partial charge in [-0.2, -0.15) is 13.2 Å². The minimum atomic E-state index is -4.37. The van der Waals surface area contributed by atoms with E-state index < -0.39 is 11.7 Å². The summed E-state index contributed by atoms with van der Waals surface area (Å²) in [6.45, 7) is 0.246. The van der Waals surface area contributed by atoms with E-state index in [1.807, 2.05) is 0 Å². The molecule has 0 spiro atoms. The molecule has 1 aromatic heterocycles. The van der Waals surface area contributed by atoms with Gasteiger partial charge in [0.25, 0.3) is 0 Å². The third kappa shape index (κ3) is 3.46. The number of nitrogens with zero attached hydrogens (tertiary/aromatic N) is 2. The van der Waals surface area contributed by atoms with Crippen LogP contribution in [0.25, 0.3) is 11.4 Å². The summed E-state index contributed by atoms with van der Waals surface area (Å²) in [6, 6.07) is 6.12. The highest BCUT2D eigenvalue weighted by atomic mass is 35.5. The molecule has 0 bridgehead atoms. The molecule has 0 saturated carbocycles. The molecule has 0 aliphatic rings. The zero-order valence-corrected chi connectivity index (χ0v) is 11.2. The van der Waals surface area contributed by atoms with Gasteiger partial charge in [0, 0.05) is 12.7 Å². The Bertz CT molecular complexity index is 600. The van der Waals surface area contributed by atoms with Gasteiger partial charge in [0.05, 0.1) is 17.9 Å². The summed E-state index contributed by atoms with van der Waals surface area (Å²) < 4.78 is 42.4. The number of hydrogen-bond donors (Lipinski definition) is 0. The molecule has 0 radical (unpaired) electrons. The van der Waals surface area contributed by atoms with Crippen molar-refractivity contribution in [1.82, 2.24) is 9.97 Å². The molecule has 0 saturated heterocycles. The van der Waals surface area contributed by atoms with Gasteiger partial charge in [0.1, 0.15) is 5.15 Å². The van der Waals surface area contributed by atoms with Crippen LogP contribution in [0.4, 0.5) is 13.2 Å². The molecule has 2 aromatic rings. The second kappa shape index (κ2) is 5.76. The summed E-state index contributed by atoms with van der Waals surface area (Å²) >= 11 is 5.85. The highest BCUT2D eigenvalue weighted by molar-refractivity contribution is 6.29. The Kier molecular flexibility index (Phi) is 4.25. The maximum atomic E-state index is 12.5. The van der Waals surface area contributed by atoms with Crippen molar-refractivity contribution in [3.05, 3.63) is 46.7 Å². The molecule has 0 unspecified atom stereocenters. The zero-order chi connectivity index (χ0) is 14.8. The first-order valence-electron chi connectivity index (χ1n) is 5.60. The molecule has 2 rings (SSSR count). The Morgan fingerprint density at radius 3 is 2.35 bits per heavy atom. The van der Waals surface area contributed by atoms with Crippen molar-refractivity contribution in [3.63, 3.8) is 0 Å². The van der Waals surface area contributed by atoms with Crippen LogP contribution in [0.1, 0.15) is 11.3 Å². The summed E-state index contributed by atoms with van der Waals surface area (Å²) in [5.74, 6) is 0.262. The highest BCUT2D eigenvalue weighted by Crippen LogP contribution is 2.30. The molecular weight excluding hydrogens is 293 g/mol. The van der Waals surface area contributed by atoms with Crippen LogP contribution in [-0.2, 0) is 17.5 Å². The lowest BCUT2D eigenvalue weighted by molar-refractivity contribution is -0.137. The van der Waals surface area contributed by atoms with Crippen LogP contribution in [0.15, 0.2) is 30.3 Å². The van der Waals surface area contributed by atoms with E-state index in [1.165, 1.54) is 19.2 Å². The number of ether oxygens (including phenoxy) is 1. The Hall–Kier alpha value is -1.66. The first-order chi connectivity index (χ1) is 9.40. The van der Waals surface area contributed by atoms with Gasteiger partial charge < -0.3 is 4.74 Å². The minimum Gasteiger partial charge on any atom is -0.378 e. The summed E-state index contributed by atoms with van der Waals surface area (Å²) in [6.07, 6.45) is -4.37. The fourth-order valence-electron chi connectivity index (χ4n) is 1.62. The van der Waals surface area contributed by atoms with E-state index in [0.717, 1.165) is 12.1 Å². The molecule has 0 aliphatic carbocycles. The molecule has 0 aliphatic heterocycles. The van der Waals surface area contributed by atoms with Gasteiger partial charge in [0.15, 0.2) is 5.82 Å². The number of rotatable bonds is 3. The van der Waals surface area contributed by atoms with Crippen molar-refractivity contribution in [3.8, 4) is 11.4 Å². The van der Waals surface area contributed by atoms with Crippen molar-refractivity contribution in [2.24, 2.45) is 0 Å². The van der Waals surface area contributed by atoms with E-state index in [1.54, 1.807) is 6.07 Å². The van der Waals surface area contributed by atoms with Crippen LogP contribution >= 0.6 is 11.6 Å². The van der Waals surface area contributed by atoms with Crippen molar-refractivity contribution < 1.29 is 17.9 Å². The molecule has 1 aromatic carbocycles. The average molecular weight is 303 g/mol. The summed E-state index contributed by atoms with van der Waals surface area (Å²) in [4.78, 5) is 8.18. The molecule has 0 atom stereocenters. The average Bonchev–Trinajstić information content (AvgIpc) is 2.37.